The van der Waals surface area contributed by atoms with Crippen LogP contribution in [0.2, 0.25) is 0 Å². The Morgan fingerprint density at radius 1 is 1.35 bits per heavy atom. The summed E-state index contributed by atoms with van der Waals surface area (Å²) in [6.45, 7) is 3.44. The van der Waals surface area contributed by atoms with Crippen LogP contribution < -0.4 is 4.74 Å². The third-order valence-corrected chi connectivity index (χ3v) is 7.14. The van der Waals surface area contributed by atoms with E-state index in [1.807, 2.05) is 0 Å². The van der Waals surface area contributed by atoms with E-state index in [4.69, 9.17) is 9.84 Å². The minimum absolute atomic E-state index is 0.0141. The first-order valence-electron chi connectivity index (χ1n) is 7.88. The van der Waals surface area contributed by atoms with Gasteiger partial charge in [0.1, 0.15) is 25.0 Å². The number of carbonyl (C=O) groups is 1. The number of hydrogen-bond donors (Lipinski definition) is 2. The van der Waals surface area contributed by atoms with Crippen molar-refractivity contribution in [1.82, 2.24) is 4.31 Å². The molecule has 2 rings (SSSR count). The monoisotopic (exact) mass is 399 g/mol. The largest absolute Gasteiger partial charge is 0.481 e. The molecule has 1 fully saturated rings. The number of benzene rings is 1. The lowest BCUT2D eigenvalue weighted by molar-refractivity contribution is -0.142. The lowest BCUT2D eigenvalue weighted by atomic mass is 10.0. The summed E-state index contributed by atoms with van der Waals surface area (Å²) in [5.41, 5.74) is 0. The second kappa shape index (κ2) is 8.31. The molecule has 1 heterocycles. The predicted octanol–water partition coefficient (Wildman–Crippen LogP) is 1.03. The molecule has 0 radical (unpaired) electrons. The molecule has 9 heteroatoms. The first-order valence-corrected chi connectivity index (χ1v) is 10.3. The van der Waals surface area contributed by atoms with Gasteiger partial charge in [0.2, 0.25) is 10.0 Å². The summed E-state index contributed by atoms with van der Waals surface area (Å²) >= 11 is 1.45. The number of carboxylic acids is 1. The molecule has 26 heavy (non-hydrogen) atoms. The van der Waals surface area contributed by atoms with Gasteiger partial charge in [0, 0.05) is 17.0 Å². The summed E-state index contributed by atoms with van der Waals surface area (Å²) in [6.07, 6.45) is 0. The average molecular weight is 399 g/mol. The number of sulfonamides is 1. The van der Waals surface area contributed by atoms with Crippen LogP contribution in [0, 0.1) is 11.8 Å². The van der Waals surface area contributed by atoms with E-state index in [0.717, 1.165) is 4.31 Å². The molecular weight excluding hydrogens is 378 g/mol. The summed E-state index contributed by atoms with van der Waals surface area (Å²) in [4.78, 5) is 11.7. The molecule has 0 spiro atoms. The average Bonchev–Trinajstić information content (AvgIpc) is 2.57. The number of hydrogen-bond acceptors (Lipinski definition) is 6. The van der Waals surface area contributed by atoms with E-state index in [9.17, 15) is 18.3 Å². The lowest BCUT2D eigenvalue weighted by Crippen LogP contribution is -2.58. The summed E-state index contributed by atoms with van der Waals surface area (Å²) in [6, 6.07) is 4.62. The van der Waals surface area contributed by atoms with Crippen molar-refractivity contribution in [3.63, 3.8) is 0 Å². The molecule has 0 saturated carbocycles. The van der Waals surface area contributed by atoms with E-state index >= 15 is 0 Å². The standard InChI is InChI=1S/C17H21NO6S2/c1-17(2)15(16(20)21)18(9-12-25-17)26(22,23)14-7-5-13(6-8-14)24-11-4-3-10-19/h5-8,15,19H,9-12H2,1-2H3,(H,20,21)/t15-/m0/s1. The molecule has 0 bridgehead atoms. The van der Waals surface area contributed by atoms with Gasteiger partial charge in [0.15, 0.2) is 0 Å². The fraction of sp³-hybridized carbons (Fsp3) is 0.471. The Balaban J connectivity index is 2.24. The van der Waals surface area contributed by atoms with Crippen molar-refractivity contribution in [2.45, 2.75) is 29.5 Å². The minimum atomic E-state index is -3.95. The Morgan fingerprint density at radius 3 is 2.58 bits per heavy atom. The Kier molecular flexibility index (Phi) is 6.58. The second-order valence-electron chi connectivity index (χ2n) is 6.08. The van der Waals surface area contributed by atoms with E-state index in [-0.39, 0.29) is 24.7 Å². The van der Waals surface area contributed by atoms with Crippen molar-refractivity contribution in [1.29, 1.82) is 0 Å². The van der Waals surface area contributed by atoms with Gasteiger partial charge in [0.05, 0.1) is 4.90 Å². The molecule has 1 aromatic rings. The van der Waals surface area contributed by atoms with Crippen LogP contribution in [0.1, 0.15) is 13.8 Å². The molecule has 0 unspecified atom stereocenters. The molecule has 0 aromatic heterocycles. The number of aliphatic carboxylic acids is 1. The number of aliphatic hydroxyl groups excluding tert-OH is 1. The van der Waals surface area contributed by atoms with Gasteiger partial charge in [-0.2, -0.15) is 16.1 Å². The number of carboxylic acid groups (broad SMARTS) is 1. The number of nitrogens with zero attached hydrogens (tertiary/aromatic N) is 1. The van der Waals surface area contributed by atoms with Gasteiger partial charge in [-0.1, -0.05) is 11.8 Å². The molecule has 1 saturated heterocycles. The highest BCUT2D eigenvalue weighted by atomic mass is 32.2. The highest BCUT2D eigenvalue weighted by molar-refractivity contribution is 8.00. The lowest BCUT2D eigenvalue weighted by Gasteiger charge is -2.42. The van der Waals surface area contributed by atoms with Crippen LogP contribution in [0.3, 0.4) is 0 Å². The SMILES string of the molecule is CC1(C)SCCN(S(=O)(=O)c2ccc(OCC#CCO)cc2)[C@H]1C(=O)O. The van der Waals surface area contributed by atoms with E-state index in [1.54, 1.807) is 13.8 Å². The highest BCUT2D eigenvalue weighted by Crippen LogP contribution is 2.38. The summed E-state index contributed by atoms with van der Waals surface area (Å²) < 4.78 is 31.6. The third-order valence-electron chi connectivity index (χ3n) is 3.91. The third kappa shape index (κ3) is 4.51. The zero-order valence-corrected chi connectivity index (χ0v) is 16.1. The van der Waals surface area contributed by atoms with Crippen LogP contribution in [-0.4, -0.2) is 65.2 Å². The second-order valence-corrected chi connectivity index (χ2v) is 9.72. The van der Waals surface area contributed by atoms with E-state index in [2.05, 4.69) is 11.8 Å². The van der Waals surface area contributed by atoms with Crippen LogP contribution in [-0.2, 0) is 14.8 Å². The highest BCUT2D eigenvalue weighted by Gasteiger charge is 2.48. The maximum atomic E-state index is 13.0. The van der Waals surface area contributed by atoms with E-state index in [0.29, 0.717) is 11.5 Å². The van der Waals surface area contributed by atoms with Crippen LogP contribution >= 0.6 is 11.8 Å². The zero-order chi connectivity index (χ0) is 19.4. The summed E-state index contributed by atoms with van der Waals surface area (Å²) in [5, 5.41) is 18.1. The zero-order valence-electron chi connectivity index (χ0n) is 14.5. The van der Waals surface area contributed by atoms with Gasteiger partial charge < -0.3 is 14.9 Å². The summed E-state index contributed by atoms with van der Waals surface area (Å²) in [7, 11) is -3.95. The fourth-order valence-electron chi connectivity index (χ4n) is 2.70. The van der Waals surface area contributed by atoms with Crippen molar-refractivity contribution < 1.29 is 28.2 Å². The Hall–Kier alpha value is -1.73. The van der Waals surface area contributed by atoms with Gasteiger partial charge in [0.25, 0.3) is 0 Å². The van der Waals surface area contributed by atoms with Gasteiger partial charge in [-0.15, -0.1) is 0 Å². The maximum absolute atomic E-state index is 13.0. The minimum Gasteiger partial charge on any atom is -0.481 e. The van der Waals surface area contributed by atoms with E-state index < -0.39 is 26.8 Å². The van der Waals surface area contributed by atoms with Gasteiger partial charge in [-0.25, -0.2) is 8.42 Å². The van der Waals surface area contributed by atoms with Crippen LogP contribution in [0.4, 0.5) is 0 Å². The predicted molar refractivity (Wildman–Crippen MR) is 98.7 cm³/mol. The molecule has 7 nitrogen and oxygen atoms in total. The topological polar surface area (TPSA) is 104 Å². The molecule has 1 aliphatic heterocycles. The molecule has 0 aliphatic carbocycles. The normalized spacial score (nSPS) is 20.0. The number of rotatable bonds is 5. The molecule has 2 N–H and O–H groups in total. The molecule has 0 amide bonds. The molecular formula is C17H21NO6S2. The fourth-order valence-corrected chi connectivity index (χ4v) is 5.80. The van der Waals surface area contributed by atoms with E-state index in [1.165, 1.54) is 36.0 Å². The van der Waals surface area contributed by atoms with Crippen molar-refractivity contribution in [2.24, 2.45) is 0 Å². The smallest absolute Gasteiger partial charge is 0.323 e. The van der Waals surface area contributed by atoms with Crippen molar-refractivity contribution in [3.8, 4) is 17.6 Å². The Bertz CT molecular complexity index is 808. The number of ether oxygens (including phenoxy) is 1. The van der Waals surface area contributed by atoms with Gasteiger partial charge in [-0.05, 0) is 38.1 Å². The number of aliphatic hydroxyl groups is 1. The van der Waals surface area contributed by atoms with Gasteiger partial charge >= 0.3 is 5.97 Å². The summed E-state index contributed by atoms with van der Waals surface area (Å²) in [5.74, 6) is 4.83. The quantitative estimate of drug-likeness (QED) is 0.713. The van der Waals surface area contributed by atoms with Gasteiger partial charge in [-0.3, -0.25) is 4.79 Å². The van der Waals surface area contributed by atoms with Crippen LogP contribution in [0.15, 0.2) is 29.2 Å². The van der Waals surface area contributed by atoms with Crippen LogP contribution in [0.5, 0.6) is 5.75 Å². The molecule has 1 aliphatic rings. The van der Waals surface area contributed by atoms with Crippen LogP contribution in [0.25, 0.3) is 0 Å². The van der Waals surface area contributed by atoms with Crippen molar-refractivity contribution >= 4 is 27.8 Å². The first kappa shape index (κ1) is 20.6. The molecule has 1 aromatic carbocycles. The van der Waals surface area contributed by atoms with Crippen molar-refractivity contribution in [3.05, 3.63) is 24.3 Å². The van der Waals surface area contributed by atoms with Crippen molar-refractivity contribution in [2.75, 3.05) is 25.5 Å². The maximum Gasteiger partial charge on any atom is 0.323 e. The molecule has 1 atom stereocenters. The molecule has 142 valence electrons. The Morgan fingerprint density at radius 2 is 2.00 bits per heavy atom. The Labute approximate surface area is 157 Å². The number of thioether (sulfide) groups is 1. The first-order chi connectivity index (χ1) is 12.2.